The molecule has 3 rings (SSSR count). The second-order valence-electron chi connectivity index (χ2n) is 6.44. The molecule has 0 amide bonds. The average molecular weight is 380 g/mol. The second kappa shape index (κ2) is 8.14. The number of halogens is 2. The van der Waals surface area contributed by atoms with E-state index in [1.54, 1.807) is 0 Å². The third kappa shape index (κ3) is 4.40. The molecular weight excluding hydrogens is 358 g/mol. The van der Waals surface area contributed by atoms with E-state index in [1.165, 1.54) is 48.2 Å². The Balaban J connectivity index is 1.66. The van der Waals surface area contributed by atoms with Crippen LogP contribution in [0.3, 0.4) is 0 Å². The monoisotopic (exact) mass is 380 g/mol. The second-order valence-corrected chi connectivity index (χ2v) is 8.35. The van der Waals surface area contributed by atoms with Gasteiger partial charge in [-0.3, -0.25) is 4.90 Å². The first-order chi connectivity index (χ1) is 12.5. The first kappa shape index (κ1) is 18.8. The summed E-state index contributed by atoms with van der Waals surface area (Å²) in [6.45, 7) is 3.76. The summed E-state index contributed by atoms with van der Waals surface area (Å²) in [5.41, 5.74) is 3.12. The number of anilines is 1. The molecular formula is C19H22F2N2O2S. The Morgan fingerprint density at radius 2 is 1.58 bits per heavy atom. The molecule has 0 radical (unpaired) electrons. The van der Waals surface area contributed by atoms with Gasteiger partial charge in [0, 0.05) is 18.8 Å². The highest BCUT2D eigenvalue weighted by atomic mass is 32.2. The van der Waals surface area contributed by atoms with Crippen LogP contribution >= 0.6 is 0 Å². The highest BCUT2D eigenvalue weighted by Gasteiger charge is 2.26. The molecule has 0 aromatic heterocycles. The number of nitrogens with one attached hydrogen (secondary N) is 1. The molecule has 0 atom stereocenters. The normalized spacial score (nSPS) is 15.5. The summed E-state index contributed by atoms with van der Waals surface area (Å²) in [5.74, 6) is -3.40. The van der Waals surface area contributed by atoms with Gasteiger partial charge >= 0.3 is 5.76 Å². The van der Waals surface area contributed by atoms with Gasteiger partial charge in [0.15, 0.2) is 0 Å². The summed E-state index contributed by atoms with van der Waals surface area (Å²) < 4.78 is 48.1. The molecule has 7 heteroatoms. The van der Waals surface area contributed by atoms with Crippen LogP contribution in [0, 0.1) is 0 Å². The molecule has 2 aromatic rings. The topological polar surface area (TPSA) is 49.4 Å². The number of rotatable bonds is 7. The van der Waals surface area contributed by atoms with Crippen molar-refractivity contribution in [1.29, 1.82) is 0 Å². The molecule has 1 N–H and O–H groups in total. The van der Waals surface area contributed by atoms with E-state index in [0.29, 0.717) is 12.2 Å². The van der Waals surface area contributed by atoms with Gasteiger partial charge in [0.2, 0.25) is 9.84 Å². The lowest BCUT2D eigenvalue weighted by molar-refractivity contribution is 0.234. The maximum atomic E-state index is 12.6. The van der Waals surface area contributed by atoms with E-state index < -0.39 is 15.6 Å². The number of sulfone groups is 1. The largest absolute Gasteiger partial charge is 0.381 e. The van der Waals surface area contributed by atoms with Crippen molar-refractivity contribution in [3.63, 3.8) is 0 Å². The van der Waals surface area contributed by atoms with Gasteiger partial charge in [0.25, 0.3) is 0 Å². The van der Waals surface area contributed by atoms with E-state index in [4.69, 9.17) is 0 Å². The standard InChI is InChI=1S/C19H22F2N2O2S/c20-19(21)26(24,25)18-9-7-17(8-10-18)22-13-15-5-1-2-6-16(15)14-23-11-3-4-12-23/h1-2,5-10,19,22H,3-4,11-14H2. The summed E-state index contributed by atoms with van der Waals surface area (Å²) >= 11 is 0. The van der Waals surface area contributed by atoms with E-state index in [2.05, 4.69) is 22.3 Å². The zero-order chi connectivity index (χ0) is 18.6. The number of hydrogen-bond acceptors (Lipinski definition) is 4. The Labute approximate surface area is 152 Å². The minimum Gasteiger partial charge on any atom is -0.381 e. The maximum absolute atomic E-state index is 12.6. The van der Waals surface area contributed by atoms with Gasteiger partial charge in [-0.05, 0) is 61.3 Å². The molecule has 1 aliphatic heterocycles. The number of benzene rings is 2. The Kier molecular flexibility index (Phi) is 5.88. The summed E-state index contributed by atoms with van der Waals surface area (Å²) in [7, 11) is -4.55. The average Bonchev–Trinajstić information content (AvgIpc) is 3.14. The Bertz CT molecular complexity index is 833. The fraction of sp³-hybridized carbons (Fsp3) is 0.368. The lowest BCUT2D eigenvalue weighted by atomic mass is 10.1. The summed E-state index contributed by atoms with van der Waals surface area (Å²) in [4.78, 5) is 2.07. The van der Waals surface area contributed by atoms with Crippen LogP contribution < -0.4 is 5.32 Å². The highest BCUT2D eigenvalue weighted by molar-refractivity contribution is 7.91. The van der Waals surface area contributed by atoms with Gasteiger partial charge in [-0.25, -0.2) is 8.42 Å². The SMILES string of the molecule is O=S(=O)(c1ccc(NCc2ccccc2CN2CCCC2)cc1)C(F)F. The number of nitrogens with zero attached hydrogens (tertiary/aromatic N) is 1. The molecule has 0 aliphatic carbocycles. The van der Waals surface area contributed by atoms with Crippen molar-refractivity contribution in [2.24, 2.45) is 0 Å². The molecule has 4 nitrogen and oxygen atoms in total. The molecule has 1 aliphatic rings. The van der Waals surface area contributed by atoms with Crippen molar-refractivity contribution in [2.45, 2.75) is 36.6 Å². The van der Waals surface area contributed by atoms with Gasteiger partial charge in [-0.2, -0.15) is 8.78 Å². The molecule has 2 aromatic carbocycles. The molecule has 1 saturated heterocycles. The predicted molar refractivity (Wildman–Crippen MR) is 97.9 cm³/mol. The summed E-state index contributed by atoms with van der Waals surface area (Å²) in [6, 6.07) is 13.6. The fourth-order valence-corrected chi connectivity index (χ4v) is 3.85. The summed E-state index contributed by atoms with van der Waals surface area (Å²) in [6.07, 6.45) is 2.49. The van der Waals surface area contributed by atoms with Crippen molar-refractivity contribution < 1.29 is 17.2 Å². The number of alkyl halides is 2. The molecule has 1 heterocycles. The van der Waals surface area contributed by atoms with Gasteiger partial charge in [0.1, 0.15) is 0 Å². The van der Waals surface area contributed by atoms with Gasteiger partial charge in [-0.1, -0.05) is 24.3 Å². The van der Waals surface area contributed by atoms with Crippen LogP contribution in [0.2, 0.25) is 0 Å². The van der Waals surface area contributed by atoms with Crippen LogP contribution in [0.15, 0.2) is 53.4 Å². The minimum absolute atomic E-state index is 0.368. The van der Waals surface area contributed by atoms with Crippen LogP contribution in [-0.2, 0) is 22.9 Å². The molecule has 0 saturated carbocycles. The minimum atomic E-state index is -4.55. The van der Waals surface area contributed by atoms with Crippen molar-refractivity contribution >= 4 is 15.5 Å². The maximum Gasteiger partial charge on any atom is 0.341 e. The van der Waals surface area contributed by atoms with Crippen LogP contribution in [0.1, 0.15) is 24.0 Å². The first-order valence-corrected chi connectivity index (χ1v) is 10.2. The fourth-order valence-electron chi connectivity index (χ4n) is 3.13. The van der Waals surface area contributed by atoms with Gasteiger partial charge < -0.3 is 5.32 Å². The van der Waals surface area contributed by atoms with Gasteiger partial charge in [0.05, 0.1) is 4.90 Å². The Hall–Kier alpha value is -1.99. The number of hydrogen-bond donors (Lipinski definition) is 1. The Morgan fingerprint density at radius 1 is 0.962 bits per heavy atom. The smallest absolute Gasteiger partial charge is 0.341 e. The third-order valence-corrected chi connectivity index (χ3v) is 6.01. The molecule has 0 spiro atoms. The predicted octanol–water partition coefficient (Wildman–Crippen LogP) is 3.89. The zero-order valence-corrected chi connectivity index (χ0v) is 15.2. The van der Waals surface area contributed by atoms with E-state index in [1.807, 2.05) is 12.1 Å². The molecule has 140 valence electrons. The van der Waals surface area contributed by atoms with E-state index in [0.717, 1.165) is 19.6 Å². The van der Waals surface area contributed by atoms with Crippen LogP contribution in [0.5, 0.6) is 0 Å². The first-order valence-electron chi connectivity index (χ1n) is 8.62. The van der Waals surface area contributed by atoms with Crippen molar-refractivity contribution in [3.8, 4) is 0 Å². The van der Waals surface area contributed by atoms with Crippen molar-refractivity contribution in [2.75, 3.05) is 18.4 Å². The third-order valence-electron chi connectivity index (χ3n) is 4.61. The lowest BCUT2D eigenvalue weighted by Gasteiger charge is -2.18. The Morgan fingerprint density at radius 3 is 2.19 bits per heavy atom. The van der Waals surface area contributed by atoms with Crippen molar-refractivity contribution in [3.05, 3.63) is 59.7 Å². The zero-order valence-electron chi connectivity index (χ0n) is 14.4. The van der Waals surface area contributed by atoms with E-state index in [-0.39, 0.29) is 4.90 Å². The lowest BCUT2D eigenvalue weighted by Crippen LogP contribution is -2.19. The molecule has 26 heavy (non-hydrogen) atoms. The van der Waals surface area contributed by atoms with E-state index >= 15 is 0 Å². The quantitative estimate of drug-likeness (QED) is 0.792. The van der Waals surface area contributed by atoms with Gasteiger partial charge in [-0.15, -0.1) is 0 Å². The number of likely N-dealkylation sites (tertiary alicyclic amines) is 1. The molecule has 1 fully saturated rings. The van der Waals surface area contributed by atoms with Crippen molar-refractivity contribution in [1.82, 2.24) is 4.90 Å². The molecule has 0 bridgehead atoms. The van der Waals surface area contributed by atoms with Crippen LogP contribution in [0.4, 0.5) is 14.5 Å². The van der Waals surface area contributed by atoms with E-state index in [9.17, 15) is 17.2 Å². The molecule has 0 unspecified atom stereocenters. The van der Waals surface area contributed by atoms with Crippen LogP contribution in [0.25, 0.3) is 0 Å². The van der Waals surface area contributed by atoms with Crippen LogP contribution in [-0.4, -0.2) is 32.2 Å². The highest BCUT2D eigenvalue weighted by Crippen LogP contribution is 2.21. The summed E-state index contributed by atoms with van der Waals surface area (Å²) in [5, 5.41) is 3.23.